The van der Waals surface area contributed by atoms with Crippen molar-refractivity contribution in [3.05, 3.63) is 40.6 Å². The van der Waals surface area contributed by atoms with Crippen molar-refractivity contribution in [1.29, 1.82) is 0 Å². The Bertz CT molecular complexity index is 1380. The van der Waals surface area contributed by atoms with Gasteiger partial charge < -0.3 is 9.88 Å². The summed E-state index contributed by atoms with van der Waals surface area (Å²) in [5.74, 6) is -0.0697. The number of nitrogens with one attached hydrogen (secondary N) is 1. The summed E-state index contributed by atoms with van der Waals surface area (Å²) in [7, 11) is 0. The number of dihydropyridines is 1. The molecule has 4 aliphatic rings. The number of amides is 2. The van der Waals surface area contributed by atoms with Crippen LogP contribution in [0.3, 0.4) is 0 Å². The summed E-state index contributed by atoms with van der Waals surface area (Å²) in [4.78, 5) is 38.3. The monoisotopic (exact) mass is 565 g/mol. The molecule has 2 aliphatic carbocycles. The van der Waals surface area contributed by atoms with Crippen molar-refractivity contribution < 1.29 is 14.0 Å². The van der Waals surface area contributed by atoms with E-state index in [1.54, 1.807) is 6.20 Å². The van der Waals surface area contributed by atoms with Crippen LogP contribution in [0.4, 0.5) is 4.39 Å². The molecule has 2 saturated carbocycles. The number of aliphatic imine (C=N–C) groups is 1. The Balaban J connectivity index is 1.15. The van der Waals surface area contributed by atoms with Crippen molar-refractivity contribution in [3.63, 3.8) is 0 Å². The summed E-state index contributed by atoms with van der Waals surface area (Å²) in [6, 6.07) is 4.51. The standard InChI is InChI=1S/C31H40FN5O2S/c1-18-14-26(40-4)25(29(38)35-18)15-34-30(39)27-20(3)37(28-24(27)6-5-13-33-28)19(2)21-7-11-23(12-8-21)36-16-31(32,17-36)22-9-10-22/h5-6,13-14,19,21-23,25H,7-12,15-17H2,1-4H3,(H,34,39)/t19-,21?,23?,25?/m1/s1. The number of halogens is 1. The predicted octanol–water partition coefficient (Wildman–Crippen LogP) is 5.49. The molecule has 2 atom stereocenters. The maximum absolute atomic E-state index is 14.9. The third-order valence-corrected chi connectivity index (χ3v) is 10.7. The molecule has 2 aromatic rings. The Morgan fingerprint density at radius 3 is 2.60 bits per heavy atom. The van der Waals surface area contributed by atoms with Gasteiger partial charge >= 0.3 is 0 Å². The number of alkyl halides is 1. The molecule has 2 aromatic heterocycles. The van der Waals surface area contributed by atoms with Crippen LogP contribution >= 0.6 is 11.8 Å². The van der Waals surface area contributed by atoms with E-state index in [2.05, 4.69) is 26.7 Å². The van der Waals surface area contributed by atoms with Crippen molar-refractivity contribution in [3.8, 4) is 0 Å². The summed E-state index contributed by atoms with van der Waals surface area (Å²) in [6.45, 7) is 7.52. The third kappa shape index (κ3) is 4.93. The van der Waals surface area contributed by atoms with Crippen molar-refractivity contribution >= 4 is 40.3 Å². The van der Waals surface area contributed by atoms with Crippen molar-refractivity contribution in [2.45, 2.75) is 77.0 Å². The molecule has 0 radical (unpaired) electrons. The maximum Gasteiger partial charge on any atom is 0.255 e. The zero-order valence-electron chi connectivity index (χ0n) is 24.0. The second-order valence-electron chi connectivity index (χ2n) is 12.3. The van der Waals surface area contributed by atoms with Gasteiger partial charge in [0.1, 0.15) is 11.3 Å². The number of likely N-dealkylation sites (tertiary alicyclic amines) is 1. The second kappa shape index (κ2) is 10.7. The number of pyridine rings is 1. The minimum absolute atomic E-state index is 0.186. The first-order valence-electron chi connectivity index (χ1n) is 14.7. The van der Waals surface area contributed by atoms with Crippen LogP contribution in [-0.4, -0.2) is 69.6 Å². The zero-order chi connectivity index (χ0) is 28.2. The normalized spacial score (nSPS) is 27.6. The number of hydrogen-bond acceptors (Lipinski definition) is 5. The molecule has 4 heterocycles. The Labute approximate surface area is 240 Å². The lowest BCUT2D eigenvalue weighted by molar-refractivity contribution is -0.120. The molecule has 2 amide bonds. The van der Waals surface area contributed by atoms with Crippen LogP contribution in [0.1, 0.15) is 74.5 Å². The molecular formula is C31H40FN5O2S. The highest BCUT2D eigenvalue weighted by atomic mass is 32.2. The van der Waals surface area contributed by atoms with E-state index < -0.39 is 11.6 Å². The van der Waals surface area contributed by atoms with E-state index in [-0.39, 0.29) is 24.4 Å². The highest BCUT2D eigenvalue weighted by Crippen LogP contribution is 2.49. The molecule has 9 heteroatoms. The number of carbonyl (C=O) groups is 2. The van der Waals surface area contributed by atoms with Gasteiger partial charge in [-0.05, 0) is 95.6 Å². The molecule has 7 nitrogen and oxygen atoms in total. The van der Waals surface area contributed by atoms with Crippen LogP contribution in [0.25, 0.3) is 11.0 Å². The van der Waals surface area contributed by atoms with Crippen LogP contribution in [-0.2, 0) is 4.79 Å². The van der Waals surface area contributed by atoms with Crippen LogP contribution in [0.5, 0.6) is 0 Å². The highest BCUT2D eigenvalue weighted by Gasteiger charge is 2.55. The number of carbonyl (C=O) groups excluding carboxylic acids is 2. The molecule has 214 valence electrons. The lowest BCUT2D eigenvalue weighted by Gasteiger charge is -2.51. The quantitative estimate of drug-likeness (QED) is 0.458. The molecule has 6 rings (SSSR count). The third-order valence-electron chi connectivity index (χ3n) is 9.80. The van der Waals surface area contributed by atoms with E-state index in [4.69, 9.17) is 4.98 Å². The van der Waals surface area contributed by atoms with Gasteiger partial charge in [-0.2, -0.15) is 0 Å². The smallest absolute Gasteiger partial charge is 0.255 e. The molecule has 1 unspecified atom stereocenters. The summed E-state index contributed by atoms with van der Waals surface area (Å²) < 4.78 is 17.1. The van der Waals surface area contributed by atoms with Gasteiger partial charge in [0.25, 0.3) is 11.8 Å². The zero-order valence-corrected chi connectivity index (χ0v) is 24.8. The van der Waals surface area contributed by atoms with Gasteiger partial charge in [-0.25, -0.2) is 14.4 Å². The lowest BCUT2D eigenvalue weighted by atomic mass is 9.79. The van der Waals surface area contributed by atoms with E-state index in [1.165, 1.54) is 11.8 Å². The fraction of sp³-hybridized carbons (Fsp3) is 0.613. The molecular weight excluding hydrogens is 525 g/mol. The SMILES string of the molecule is CSC1=CC(C)=NC(=O)C1CNC(=O)c1c(C)n([C@H](C)C2CCC(N3CC(F)(C4CC4)C3)CC2)c2ncccc12. The number of allylic oxidation sites excluding steroid dienone is 1. The molecule has 1 saturated heterocycles. The predicted molar refractivity (Wildman–Crippen MR) is 159 cm³/mol. The van der Waals surface area contributed by atoms with E-state index in [0.717, 1.165) is 60.2 Å². The van der Waals surface area contributed by atoms with Gasteiger partial charge in [-0.3, -0.25) is 14.5 Å². The molecule has 0 spiro atoms. The van der Waals surface area contributed by atoms with Crippen molar-refractivity contribution in [2.24, 2.45) is 22.7 Å². The molecule has 2 aliphatic heterocycles. The summed E-state index contributed by atoms with van der Waals surface area (Å²) in [5.41, 5.74) is 2.13. The molecule has 40 heavy (non-hydrogen) atoms. The Morgan fingerprint density at radius 2 is 1.93 bits per heavy atom. The lowest BCUT2D eigenvalue weighted by Crippen LogP contribution is -2.63. The molecule has 1 N–H and O–H groups in total. The fourth-order valence-electron chi connectivity index (χ4n) is 7.33. The summed E-state index contributed by atoms with van der Waals surface area (Å²) in [5, 5.41) is 3.87. The summed E-state index contributed by atoms with van der Waals surface area (Å²) in [6.07, 6.45) is 12.1. The number of nitrogens with zero attached hydrogens (tertiary/aromatic N) is 4. The largest absolute Gasteiger partial charge is 0.351 e. The van der Waals surface area contributed by atoms with Crippen LogP contribution in [0, 0.1) is 24.7 Å². The minimum Gasteiger partial charge on any atom is -0.351 e. The Hall–Kier alpha value is -2.52. The van der Waals surface area contributed by atoms with Crippen LogP contribution in [0.15, 0.2) is 34.3 Å². The first-order chi connectivity index (χ1) is 19.2. The van der Waals surface area contributed by atoms with Crippen molar-refractivity contribution in [1.82, 2.24) is 19.8 Å². The van der Waals surface area contributed by atoms with Crippen molar-refractivity contribution in [2.75, 3.05) is 25.9 Å². The van der Waals surface area contributed by atoms with E-state index in [1.807, 2.05) is 38.3 Å². The van der Waals surface area contributed by atoms with Gasteiger partial charge in [0.2, 0.25) is 0 Å². The molecule has 3 fully saturated rings. The Morgan fingerprint density at radius 1 is 1.20 bits per heavy atom. The van der Waals surface area contributed by atoms with E-state index >= 15 is 0 Å². The average molecular weight is 566 g/mol. The number of fused-ring (bicyclic) bond motifs is 1. The summed E-state index contributed by atoms with van der Waals surface area (Å²) >= 11 is 1.52. The highest BCUT2D eigenvalue weighted by molar-refractivity contribution is 8.02. The van der Waals surface area contributed by atoms with Gasteiger partial charge in [0.15, 0.2) is 0 Å². The topological polar surface area (TPSA) is 79.6 Å². The first-order valence-corrected chi connectivity index (χ1v) is 15.9. The number of aromatic nitrogens is 2. The molecule has 0 bridgehead atoms. The average Bonchev–Trinajstić information content (AvgIpc) is 3.73. The number of hydrogen-bond donors (Lipinski definition) is 1. The van der Waals surface area contributed by atoms with E-state index in [0.29, 0.717) is 42.2 Å². The first kappa shape index (κ1) is 27.6. The van der Waals surface area contributed by atoms with Gasteiger partial charge in [-0.1, -0.05) is 0 Å². The van der Waals surface area contributed by atoms with Crippen LogP contribution in [0.2, 0.25) is 0 Å². The van der Waals surface area contributed by atoms with Gasteiger partial charge in [0.05, 0.1) is 11.5 Å². The molecule has 0 aromatic carbocycles. The van der Waals surface area contributed by atoms with E-state index in [9.17, 15) is 14.0 Å². The number of rotatable bonds is 8. The van der Waals surface area contributed by atoms with Crippen LogP contribution < -0.4 is 5.32 Å². The second-order valence-corrected chi connectivity index (χ2v) is 13.2. The minimum atomic E-state index is -0.919. The van der Waals surface area contributed by atoms with Gasteiger partial charge in [0, 0.05) is 59.6 Å². The Kier molecular flexibility index (Phi) is 7.40. The number of thioether (sulfide) groups is 1. The van der Waals surface area contributed by atoms with Gasteiger partial charge in [-0.15, -0.1) is 11.8 Å². The maximum atomic E-state index is 14.9. The fourth-order valence-corrected chi connectivity index (χ4v) is 8.09.